The average molecular weight is 176 g/mol. The summed E-state index contributed by atoms with van der Waals surface area (Å²) in [6, 6.07) is 0. The minimum atomic E-state index is -1.08. The van der Waals surface area contributed by atoms with E-state index in [1.54, 1.807) is 0 Å². The fraction of sp³-hybridized carbons (Fsp3) is 1.00. The van der Waals surface area contributed by atoms with Crippen molar-refractivity contribution in [3.8, 4) is 0 Å². The Balaban J connectivity index is 2.58. The third-order valence-corrected chi connectivity index (χ3v) is 2.20. The second-order valence-electron chi connectivity index (χ2n) is 3.59. The largest absolute Gasteiger partial charge is 0.388 e. The smallest absolute Gasteiger partial charge is 0.111 e. The molecule has 0 spiro atoms. The molecule has 1 aliphatic rings. The van der Waals surface area contributed by atoms with Crippen molar-refractivity contribution >= 4 is 0 Å². The van der Waals surface area contributed by atoms with Crippen molar-refractivity contribution in [3.63, 3.8) is 0 Å². The molecule has 0 aromatic rings. The van der Waals surface area contributed by atoms with Crippen molar-refractivity contribution in [2.24, 2.45) is 5.92 Å². The Morgan fingerprint density at radius 1 is 1.17 bits per heavy atom. The summed E-state index contributed by atoms with van der Waals surface area (Å²) >= 11 is 0. The van der Waals surface area contributed by atoms with Gasteiger partial charge in [-0.05, 0) is 5.92 Å². The number of aliphatic hydroxyl groups excluding tert-OH is 3. The monoisotopic (exact) mass is 176 g/mol. The SMILES string of the molecule is CC(C)C1OCC(O)C(O)C1O. The number of rotatable bonds is 1. The van der Waals surface area contributed by atoms with Crippen LogP contribution in [0.4, 0.5) is 0 Å². The first-order chi connectivity index (χ1) is 5.54. The van der Waals surface area contributed by atoms with E-state index in [9.17, 15) is 10.2 Å². The van der Waals surface area contributed by atoms with Gasteiger partial charge in [-0.2, -0.15) is 0 Å². The molecule has 4 heteroatoms. The van der Waals surface area contributed by atoms with Crippen LogP contribution < -0.4 is 0 Å². The van der Waals surface area contributed by atoms with Crippen molar-refractivity contribution in [2.45, 2.75) is 38.3 Å². The van der Waals surface area contributed by atoms with Gasteiger partial charge in [0.2, 0.25) is 0 Å². The van der Waals surface area contributed by atoms with Crippen molar-refractivity contribution in [1.29, 1.82) is 0 Å². The standard InChI is InChI=1S/C8H16O4/c1-4(2)8-7(11)6(10)5(9)3-12-8/h4-11H,3H2,1-2H3. The van der Waals surface area contributed by atoms with E-state index in [2.05, 4.69) is 0 Å². The molecule has 0 amide bonds. The summed E-state index contributed by atoms with van der Waals surface area (Å²) in [5, 5.41) is 27.8. The van der Waals surface area contributed by atoms with Gasteiger partial charge in [-0.25, -0.2) is 0 Å². The molecule has 3 N–H and O–H groups in total. The molecule has 0 aromatic carbocycles. The quantitative estimate of drug-likeness (QED) is 0.485. The highest BCUT2D eigenvalue weighted by atomic mass is 16.5. The molecular weight excluding hydrogens is 160 g/mol. The second kappa shape index (κ2) is 3.70. The Hall–Kier alpha value is -0.160. The lowest BCUT2D eigenvalue weighted by atomic mass is 9.93. The number of ether oxygens (including phenoxy) is 1. The van der Waals surface area contributed by atoms with E-state index in [1.165, 1.54) is 0 Å². The number of aliphatic hydroxyl groups is 3. The normalized spacial score (nSPS) is 43.5. The van der Waals surface area contributed by atoms with Crippen LogP contribution >= 0.6 is 0 Å². The second-order valence-corrected chi connectivity index (χ2v) is 3.59. The first-order valence-corrected chi connectivity index (χ1v) is 4.20. The molecule has 0 radical (unpaired) electrons. The molecule has 1 heterocycles. The summed E-state index contributed by atoms with van der Waals surface area (Å²) in [6.45, 7) is 3.90. The molecule has 1 fully saturated rings. The summed E-state index contributed by atoms with van der Waals surface area (Å²) in [5.41, 5.74) is 0. The highest BCUT2D eigenvalue weighted by Gasteiger charge is 2.38. The van der Waals surface area contributed by atoms with E-state index in [4.69, 9.17) is 9.84 Å². The first-order valence-electron chi connectivity index (χ1n) is 4.20. The molecule has 1 rings (SSSR count). The molecule has 72 valence electrons. The van der Waals surface area contributed by atoms with Crippen molar-refractivity contribution in [3.05, 3.63) is 0 Å². The van der Waals surface area contributed by atoms with Crippen molar-refractivity contribution in [2.75, 3.05) is 6.61 Å². The molecule has 0 aliphatic carbocycles. The molecule has 4 unspecified atom stereocenters. The maximum atomic E-state index is 9.44. The van der Waals surface area contributed by atoms with Crippen LogP contribution in [0, 0.1) is 5.92 Å². The van der Waals surface area contributed by atoms with Crippen LogP contribution in [0.25, 0.3) is 0 Å². The lowest BCUT2D eigenvalue weighted by molar-refractivity contribution is -0.197. The Morgan fingerprint density at radius 3 is 2.25 bits per heavy atom. The lowest BCUT2D eigenvalue weighted by Crippen LogP contribution is -2.54. The van der Waals surface area contributed by atoms with E-state index < -0.39 is 18.3 Å². The predicted molar refractivity (Wildman–Crippen MR) is 42.6 cm³/mol. The van der Waals surface area contributed by atoms with Crippen LogP contribution in [0.3, 0.4) is 0 Å². The zero-order valence-corrected chi connectivity index (χ0v) is 7.34. The minimum absolute atomic E-state index is 0.0983. The first kappa shape index (κ1) is 9.92. The van der Waals surface area contributed by atoms with E-state index in [-0.39, 0.29) is 18.6 Å². The highest BCUT2D eigenvalue weighted by molar-refractivity contribution is 4.87. The van der Waals surface area contributed by atoms with E-state index in [0.717, 1.165) is 0 Å². The van der Waals surface area contributed by atoms with Gasteiger partial charge >= 0.3 is 0 Å². The lowest BCUT2D eigenvalue weighted by Gasteiger charge is -2.37. The van der Waals surface area contributed by atoms with E-state index in [0.29, 0.717) is 0 Å². The summed E-state index contributed by atoms with van der Waals surface area (Å²) in [7, 11) is 0. The Kier molecular flexibility index (Phi) is 3.06. The molecule has 12 heavy (non-hydrogen) atoms. The zero-order valence-electron chi connectivity index (χ0n) is 7.34. The molecule has 1 saturated heterocycles. The zero-order chi connectivity index (χ0) is 9.30. The van der Waals surface area contributed by atoms with Crippen LogP contribution in [-0.4, -0.2) is 46.3 Å². The highest BCUT2D eigenvalue weighted by Crippen LogP contribution is 2.20. The van der Waals surface area contributed by atoms with Gasteiger partial charge in [-0.3, -0.25) is 0 Å². The summed E-state index contributed by atoms with van der Waals surface area (Å²) in [4.78, 5) is 0. The van der Waals surface area contributed by atoms with Crippen LogP contribution in [0.1, 0.15) is 13.8 Å². The van der Waals surface area contributed by atoms with Gasteiger partial charge in [0.25, 0.3) is 0 Å². The van der Waals surface area contributed by atoms with E-state index >= 15 is 0 Å². The average Bonchev–Trinajstić information content (AvgIpc) is 2.00. The summed E-state index contributed by atoms with van der Waals surface area (Å²) in [5.74, 6) is 0.141. The predicted octanol–water partition coefficient (Wildman–Crippen LogP) is -0.876. The Labute approximate surface area is 71.8 Å². The number of hydrogen-bond acceptors (Lipinski definition) is 4. The Morgan fingerprint density at radius 2 is 1.75 bits per heavy atom. The molecule has 4 nitrogen and oxygen atoms in total. The fourth-order valence-electron chi connectivity index (χ4n) is 1.42. The maximum Gasteiger partial charge on any atom is 0.111 e. The van der Waals surface area contributed by atoms with Crippen LogP contribution in [0.2, 0.25) is 0 Å². The molecule has 0 bridgehead atoms. The maximum absolute atomic E-state index is 9.44. The third kappa shape index (κ3) is 1.77. The van der Waals surface area contributed by atoms with Gasteiger partial charge in [0.15, 0.2) is 0 Å². The van der Waals surface area contributed by atoms with Gasteiger partial charge in [0.05, 0.1) is 12.7 Å². The number of hydrogen-bond donors (Lipinski definition) is 3. The molecule has 0 saturated carbocycles. The molecule has 4 atom stereocenters. The Bertz CT molecular complexity index is 148. The van der Waals surface area contributed by atoms with Gasteiger partial charge in [0, 0.05) is 0 Å². The minimum Gasteiger partial charge on any atom is -0.388 e. The van der Waals surface area contributed by atoms with Gasteiger partial charge in [-0.15, -0.1) is 0 Å². The third-order valence-electron chi connectivity index (χ3n) is 2.20. The van der Waals surface area contributed by atoms with Crippen molar-refractivity contribution in [1.82, 2.24) is 0 Å². The van der Waals surface area contributed by atoms with Gasteiger partial charge in [-0.1, -0.05) is 13.8 Å². The van der Waals surface area contributed by atoms with Crippen molar-refractivity contribution < 1.29 is 20.1 Å². The summed E-state index contributed by atoms with van der Waals surface area (Å²) in [6.07, 6.45) is -3.39. The van der Waals surface area contributed by atoms with Crippen LogP contribution in [-0.2, 0) is 4.74 Å². The topological polar surface area (TPSA) is 69.9 Å². The molecular formula is C8H16O4. The van der Waals surface area contributed by atoms with Gasteiger partial charge < -0.3 is 20.1 Å². The van der Waals surface area contributed by atoms with Gasteiger partial charge in [0.1, 0.15) is 18.3 Å². The molecule has 0 aromatic heterocycles. The van der Waals surface area contributed by atoms with Crippen LogP contribution in [0.5, 0.6) is 0 Å². The molecule has 1 aliphatic heterocycles. The summed E-state index contributed by atoms with van der Waals surface area (Å²) < 4.78 is 5.17. The fourth-order valence-corrected chi connectivity index (χ4v) is 1.42. The van der Waals surface area contributed by atoms with Crippen LogP contribution in [0.15, 0.2) is 0 Å². The van der Waals surface area contributed by atoms with E-state index in [1.807, 2.05) is 13.8 Å².